The van der Waals surface area contributed by atoms with Crippen molar-refractivity contribution in [3.05, 3.63) is 18.2 Å². The van der Waals surface area contributed by atoms with Crippen molar-refractivity contribution in [2.45, 2.75) is 14.4 Å². The van der Waals surface area contributed by atoms with E-state index in [9.17, 15) is 19.8 Å². The number of benzene rings is 1. The van der Waals surface area contributed by atoms with E-state index in [-0.39, 0.29) is 47.8 Å². The number of nitrogens with zero attached hydrogens (tertiary/aromatic N) is 3. The summed E-state index contributed by atoms with van der Waals surface area (Å²) in [5, 5.41) is 18.6. The molecule has 2 aliphatic rings. The van der Waals surface area contributed by atoms with Gasteiger partial charge in [0.15, 0.2) is 5.11 Å². The van der Waals surface area contributed by atoms with Crippen molar-refractivity contribution in [1.82, 2.24) is 9.80 Å². The predicted molar refractivity (Wildman–Crippen MR) is 110 cm³/mol. The summed E-state index contributed by atoms with van der Waals surface area (Å²) >= 11 is 8.23. The molecule has 0 radical (unpaired) electrons. The Morgan fingerprint density at radius 3 is 2.11 bits per heavy atom. The summed E-state index contributed by atoms with van der Waals surface area (Å²) < 4.78 is -0.317. The van der Waals surface area contributed by atoms with Gasteiger partial charge < -0.3 is 15.1 Å². The van der Waals surface area contributed by atoms with E-state index in [1.165, 1.54) is 33.3 Å². The summed E-state index contributed by atoms with van der Waals surface area (Å²) in [7, 11) is 3.92. The topological polar surface area (TPSA) is 84.3 Å². The van der Waals surface area contributed by atoms with Crippen LogP contribution in [0.25, 0.3) is 0 Å². The lowest BCUT2D eigenvalue weighted by molar-refractivity contribution is -0.146. The molecule has 0 aromatic heterocycles. The first-order valence-electron chi connectivity index (χ1n) is 8.42. The van der Waals surface area contributed by atoms with Crippen molar-refractivity contribution in [2.75, 3.05) is 45.3 Å². The molecule has 10 heteroatoms. The first-order chi connectivity index (χ1) is 12.9. The second-order valence-electron chi connectivity index (χ2n) is 6.32. The Hall–Kier alpha value is -1.33. The predicted octanol–water partition coefficient (Wildman–Crippen LogP) is 0.833. The van der Waals surface area contributed by atoms with Crippen molar-refractivity contribution >= 4 is 58.4 Å². The molecule has 2 aliphatic heterocycles. The molecule has 0 saturated carbocycles. The van der Waals surface area contributed by atoms with Gasteiger partial charge in [0.05, 0.1) is 30.9 Å². The monoisotopic (exact) mass is 427 g/mol. The molecule has 1 unspecified atom stereocenters. The molecule has 27 heavy (non-hydrogen) atoms. The Labute approximate surface area is 171 Å². The van der Waals surface area contributed by atoms with Gasteiger partial charge in [-0.3, -0.25) is 19.4 Å². The fraction of sp³-hybridized carbons (Fsp3) is 0.471. The quantitative estimate of drug-likeness (QED) is 0.510. The lowest BCUT2D eigenvalue weighted by Gasteiger charge is -2.40. The van der Waals surface area contributed by atoms with Crippen LogP contribution in [0.3, 0.4) is 0 Å². The van der Waals surface area contributed by atoms with Crippen LogP contribution in [0.4, 0.5) is 5.69 Å². The van der Waals surface area contributed by atoms with Gasteiger partial charge in [-0.05, 0) is 30.4 Å². The average Bonchev–Trinajstić information content (AvgIpc) is 3.05. The highest BCUT2D eigenvalue weighted by atomic mass is 32.2. The van der Waals surface area contributed by atoms with Crippen molar-refractivity contribution in [3.8, 4) is 0 Å². The number of aliphatic hydroxyl groups is 2. The van der Waals surface area contributed by atoms with E-state index in [0.717, 1.165) is 15.5 Å². The van der Waals surface area contributed by atoms with E-state index in [0.29, 0.717) is 0 Å². The van der Waals surface area contributed by atoms with Crippen molar-refractivity contribution < 1.29 is 19.8 Å². The van der Waals surface area contributed by atoms with Crippen LogP contribution >= 0.6 is 35.7 Å². The van der Waals surface area contributed by atoms with E-state index >= 15 is 0 Å². The maximum atomic E-state index is 13.0. The van der Waals surface area contributed by atoms with E-state index in [2.05, 4.69) is 0 Å². The number of aliphatic hydroxyl groups excluding tert-OH is 2. The Balaban J connectivity index is 1.88. The van der Waals surface area contributed by atoms with Gasteiger partial charge in [-0.1, -0.05) is 0 Å². The number of rotatable bonds is 6. The molecule has 3 rings (SSSR count). The lowest BCUT2D eigenvalue weighted by Crippen LogP contribution is -2.62. The van der Waals surface area contributed by atoms with Gasteiger partial charge in [-0.25, -0.2) is 0 Å². The number of fused-ring (bicyclic) bond motifs is 1. The average molecular weight is 428 g/mol. The van der Waals surface area contributed by atoms with Crippen LogP contribution in [0.15, 0.2) is 28.0 Å². The van der Waals surface area contributed by atoms with Crippen LogP contribution in [0, 0.1) is 5.92 Å². The summed E-state index contributed by atoms with van der Waals surface area (Å²) in [4.78, 5) is 32.6. The Kier molecular flexibility index (Phi) is 6.32. The second-order valence-corrected chi connectivity index (χ2v) is 9.35. The van der Waals surface area contributed by atoms with Crippen LogP contribution in [0.1, 0.15) is 0 Å². The van der Waals surface area contributed by atoms with Gasteiger partial charge in [-0.15, -0.1) is 23.5 Å². The van der Waals surface area contributed by atoms with Gasteiger partial charge >= 0.3 is 0 Å². The fourth-order valence-electron chi connectivity index (χ4n) is 2.99. The normalized spacial score (nSPS) is 20.4. The molecule has 146 valence electrons. The first kappa shape index (κ1) is 20.4. The highest BCUT2D eigenvalue weighted by Crippen LogP contribution is 2.52. The van der Waals surface area contributed by atoms with Gasteiger partial charge in [0.1, 0.15) is 5.92 Å². The minimum Gasteiger partial charge on any atom is -0.395 e. The van der Waals surface area contributed by atoms with Gasteiger partial charge in [0, 0.05) is 29.6 Å². The number of thioether (sulfide) groups is 2. The summed E-state index contributed by atoms with van der Waals surface area (Å²) in [5.74, 6) is -1.70. The SMILES string of the molecule is CN(C)c1ccc2c(c1)SC(C1C(=O)N(CCO)C(=S)N(CCO)C1=O)S2. The van der Waals surface area contributed by atoms with E-state index in [4.69, 9.17) is 12.2 Å². The van der Waals surface area contributed by atoms with E-state index in [1.807, 2.05) is 37.2 Å². The minimum absolute atomic E-state index is 0.0309. The summed E-state index contributed by atoms with van der Waals surface area (Å²) in [6.45, 7) is -0.444. The number of hydrogen-bond acceptors (Lipinski definition) is 8. The third-order valence-electron chi connectivity index (χ3n) is 4.38. The number of hydrogen-bond donors (Lipinski definition) is 2. The summed E-state index contributed by atoms with van der Waals surface area (Å²) in [5.41, 5.74) is 1.05. The molecule has 0 spiro atoms. The molecule has 0 bridgehead atoms. The Morgan fingerprint density at radius 2 is 1.59 bits per heavy atom. The molecule has 1 aromatic rings. The number of anilines is 1. The lowest BCUT2D eigenvalue weighted by atomic mass is 10.1. The molecule has 2 amide bonds. The molecule has 7 nitrogen and oxygen atoms in total. The van der Waals surface area contributed by atoms with Gasteiger partial charge in [0.2, 0.25) is 11.8 Å². The third kappa shape index (κ3) is 3.81. The fourth-order valence-corrected chi connectivity index (χ4v) is 6.39. The molecule has 1 atom stereocenters. The molecule has 2 heterocycles. The third-order valence-corrected chi connectivity index (χ3v) is 7.73. The largest absolute Gasteiger partial charge is 0.395 e. The van der Waals surface area contributed by atoms with Gasteiger partial charge in [0.25, 0.3) is 0 Å². The first-order valence-corrected chi connectivity index (χ1v) is 10.6. The van der Waals surface area contributed by atoms with Gasteiger partial charge in [-0.2, -0.15) is 0 Å². The molecule has 2 N–H and O–H groups in total. The highest BCUT2D eigenvalue weighted by Gasteiger charge is 2.49. The number of carbonyl (C=O) groups excluding carboxylic acids is 2. The summed E-state index contributed by atoms with van der Waals surface area (Å²) in [6, 6.07) is 6.05. The zero-order valence-corrected chi connectivity index (χ0v) is 17.4. The van der Waals surface area contributed by atoms with Crippen LogP contribution in [0.5, 0.6) is 0 Å². The number of thiocarbonyl (C=S) groups is 1. The van der Waals surface area contributed by atoms with Crippen LogP contribution in [0.2, 0.25) is 0 Å². The standard InChI is InChI=1S/C17H21N3O4S3/c1-18(2)10-3-4-11-12(9-10)27-16(26-11)13-14(23)19(5-7-21)17(25)20(6-8-22)15(13)24/h3-4,9,13,16,21-22H,5-8H2,1-2H3. The molecular weight excluding hydrogens is 406 g/mol. The zero-order valence-electron chi connectivity index (χ0n) is 15.0. The molecule has 1 saturated heterocycles. The number of β-amino-alcohol motifs (C(OH)–C–C–N with tert-alkyl or cyclic N) is 2. The van der Waals surface area contributed by atoms with Crippen molar-refractivity contribution in [2.24, 2.45) is 5.92 Å². The Morgan fingerprint density at radius 1 is 1.04 bits per heavy atom. The van der Waals surface area contributed by atoms with E-state index in [1.54, 1.807) is 0 Å². The van der Waals surface area contributed by atoms with Crippen LogP contribution < -0.4 is 4.90 Å². The highest BCUT2D eigenvalue weighted by molar-refractivity contribution is 8.19. The molecule has 1 fully saturated rings. The van der Waals surface area contributed by atoms with Crippen molar-refractivity contribution in [1.29, 1.82) is 0 Å². The van der Waals surface area contributed by atoms with Crippen LogP contribution in [-0.4, -0.2) is 81.9 Å². The Bertz CT molecular complexity index is 746. The molecule has 1 aromatic carbocycles. The molecular formula is C17H21N3O4S3. The zero-order chi connectivity index (χ0) is 19.7. The molecule has 0 aliphatic carbocycles. The second kappa shape index (κ2) is 8.36. The maximum Gasteiger partial charge on any atom is 0.243 e. The number of amides is 2. The van der Waals surface area contributed by atoms with Crippen molar-refractivity contribution in [3.63, 3.8) is 0 Å². The number of carbonyl (C=O) groups is 2. The van der Waals surface area contributed by atoms with Crippen LogP contribution in [-0.2, 0) is 9.59 Å². The smallest absolute Gasteiger partial charge is 0.243 e. The summed E-state index contributed by atoms with van der Waals surface area (Å²) in [6.07, 6.45) is 0. The van der Waals surface area contributed by atoms with E-state index < -0.39 is 5.92 Å². The maximum absolute atomic E-state index is 13.0. The minimum atomic E-state index is -0.917.